The van der Waals surface area contributed by atoms with E-state index in [0.29, 0.717) is 6.54 Å². The molecule has 1 heterocycles. The maximum Gasteiger partial charge on any atom is 0.405 e. The van der Waals surface area contributed by atoms with Crippen molar-refractivity contribution in [3.63, 3.8) is 0 Å². The van der Waals surface area contributed by atoms with Gasteiger partial charge in [-0.15, -0.1) is 0 Å². The monoisotopic (exact) mass is 264 g/mol. The van der Waals surface area contributed by atoms with Crippen LogP contribution in [-0.2, 0) is 0 Å². The Morgan fingerprint density at radius 3 is 2.61 bits per heavy atom. The molecule has 0 saturated carbocycles. The highest BCUT2D eigenvalue weighted by Gasteiger charge is 2.39. The summed E-state index contributed by atoms with van der Waals surface area (Å²) in [6, 6.07) is 1.48. The van der Waals surface area contributed by atoms with Crippen molar-refractivity contribution in [1.29, 1.82) is 5.26 Å². The molecule has 1 N–H and O–H groups in total. The number of nitrogens with zero attached hydrogens (tertiary/aromatic N) is 3. The molecule has 1 saturated heterocycles. The molecule has 1 fully saturated rings. The summed E-state index contributed by atoms with van der Waals surface area (Å²) in [5.74, 6) is -1.93. The molecule has 4 nitrogen and oxygen atoms in total. The number of nitriles is 1. The minimum atomic E-state index is -4.45. The number of likely N-dealkylation sites (N-methyl/N-ethyl adjacent to an activating group) is 2. The number of piperazine rings is 1. The maximum atomic E-state index is 12.3. The van der Waals surface area contributed by atoms with Gasteiger partial charge in [-0.25, -0.2) is 0 Å². The Kier molecular flexibility index (Phi) is 5.38. The normalized spacial score (nSPS) is 24.8. The second kappa shape index (κ2) is 6.36. The topological polar surface area (TPSA) is 42.3 Å². The Bertz CT molecular complexity index is 300. The van der Waals surface area contributed by atoms with Crippen molar-refractivity contribution in [2.24, 2.45) is 5.92 Å². The third-order valence-electron chi connectivity index (χ3n) is 3.26. The van der Waals surface area contributed by atoms with E-state index in [4.69, 9.17) is 5.26 Å². The Morgan fingerprint density at radius 1 is 1.39 bits per heavy atom. The molecule has 2 atom stereocenters. The number of halogens is 3. The summed E-state index contributed by atoms with van der Waals surface area (Å²) in [5.41, 5.74) is 0. The summed E-state index contributed by atoms with van der Waals surface area (Å²) < 4.78 is 37.0. The molecule has 1 rings (SSSR count). The highest BCUT2D eigenvalue weighted by atomic mass is 19.4. The minimum absolute atomic E-state index is 0.191. The van der Waals surface area contributed by atoms with E-state index in [1.165, 1.54) is 6.07 Å². The van der Waals surface area contributed by atoms with Gasteiger partial charge in [0.25, 0.3) is 0 Å². The van der Waals surface area contributed by atoms with Crippen LogP contribution in [0.15, 0.2) is 0 Å². The van der Waals surface area contributed by atoms with Gasteiger partial charge in [0.05, 0.1) is 6.07 Å². The average Bonchev–Trinajstić information content (AvgIpc) is 2.27. The van der Waals surface area contributed by atoms with Crippen molar-refractivity contribution in [1.82, 2.24) is 15.1 Å². The molecule has 0 bridgehead atoms. The molecule has 0 radical (unpaired) electrons. The Hall–Kier alpha value is -0.840. The molecule has 0 aromatic heterocycles. The van der Waals surface area contributed by atoms with Crippen molar-refractivity contribution in [2.75, 3.05) is 46.8 Å². The summed E-state index contributed by atoms with van der Waals surface area (Å²) >= 11 is 0. The molecule has 1 aliphatic heterocycles. The Morgan fingerprint density at radius 2 is 2.06 bits per heavy atom. The fraction of sp³-hybridized carbons (Fsp3) is 0.909. The smallest absolute Gasteiger partial charge is 0.313 e. The number of alkyl halides is 3. The average molecular weight is 264 g/mol. The van der Waals surface area contributed by atoms with Gasteiger partial charge in [0, 0.05) is 38.8 Å². The summed E-state index contributed by atoms with van der Waals surface area (Å²) in [6.07, 6.45) is -4.45. The van der Waals surface area contributed by atoms with Crippen LogP contribution in [-0.4, -0.2) is 68.8 Å². The summed E-state index contributed by atoms with van der Waals surface area (Å²) in [5, 5.41) is 11.2. The zero-order chi connectivity index (χ0) is 13.8. The number of hydrogen-bond donors (Lipinski definition) is 1. The second-order valence-electron chi connectivity index (χ2n) is 4.78. The van der Waals surface area contributed by atoms with Crippen LogP contribution in [0.25, 0.3) is 0 Å². The molecule has 104 valence electrons. The van der Waals surface area contributed by atoms with Crippen LogP contribution in [0.5, 0.6) is 0 Å². The van der Waals surface area contributed by atoms with Crippen LogP contribution in [0, 0.1) is 17.2 Å². The van der Waals surface area contributed by atoms with Crippen LogP contribution in [0.3, 0.4) is 0 Å². The first-order valence-corrected chi connectivity index (χ1v) is 5.90. The van der Waals surface area contributed by atoms with Crippen LogP contribution in [0.1, 0.15) is 0 Å². The number of hydrogen-bond acceptors (Lipinski definition) is 4. The molecule has 0 spiro atoms. The van der Waals surface area contributed by atoms with E-state index in [1.54, 1.807) is 0 Å². The predicted octanol–water partition coefficient (Wildman–Crippen LogP) is 0.524. The molecule has 7 heteroatoms. The van der Waals surface area contributed by atoms with E-state index in [2.05, 4.69) is 15.1 Å². The number of rotatable bonds is 4. The predicted molar refractivity (Wildman–Crippen MR) is 61.9 cm³/mol. The lowest BCUT2D eigenvalue weighted by molar-refractivity contribution is -0.157. The summed E-state index contributed by atoms with van der Waals surface area (Å²) in [4.78, 5) is 4.28. The minimum Gasteiger partial charge on any atom is -0.313 e. The summed E-state index contributed by atoms with van der Waals surface area (Å²) in [7, 11) is 3.96. The van der Waals surface area contributed by atoms with Gasteiger partial charge in [-0.2, -0.15) is 18.4 Å². The zero-order valence-electron chi connectivity index (χ0n) is 10.7. The molecule has 0 aliphatic carbocycles. The van der Waals surface area contributed by atoms with E-state index < -0.39 is 12.1 Å². The lowest BCUT2D eigenvalue weighted by Gasteiger charge is -2.38. The first kappa shape index (κ1) is 15.2. The lowest BCUT2D eigenvalue weighted by Crippen LogP contribution is -2.54. The Balaban J connectivity index is 2.34. The van der Waals surface area contributed by atoms with Crippen LogP contribution >= 0.6 is 0 Å². The fourth-order valence-electron chi connectivity index (χ4n) is 1.95. The van der Waals surface area contributed by atoms with E-state index in [9.17, 15) is 13.2 Å². The second-order valence-corrected chi connectivity index (χ2v) is 4.78. The van der Waals surface area contributed by atoms with E-state index in [1.807, 2.05) is 14.1 Å². The Labute approximate surface area is 105 Å². The largest absolute Gasteiger partial charge is 0.405 e. The third-order valence-corrected chi connectivity index (χ3v) is 3.26. The van der Waals surface area contributed by atoms with Gasteiger partial charge in [0.1, 0.15) is 0 Å². The van der Waals surface area contributed by atoms with Gasteiger partial charge in [0.15, 0.2) is 5.92 Å². The van der Waals surface area contributed by atoms with Crippen molar-refractivity contribution in [3.8, 4) is 6.07 Å². The van der Waals surface area contributed by atoms with E-state index in [-0.39, 0.29) is 12.6 Å². The molecular formula is C11H19F3N4. The highest BCUT2D eigenvalue weighted by Crippen LogP contribution is 2.24. The van der Waals surface area contributed by atoms with Gasteiger partial charge in [-0.1, -0.05) is 0 Å². The third kappa shape index (κ3) is 4.44. The van der Waals surface area contributed by atoms with Gasteiger partial charge in [0.2, 0.25) is 0 Å². The lowest BCUT2D eigenvalue weighted by atomic mass is 10.1. The molecule has 0 amide bonds. The first-order valence-electron chi connectivity index (χ1n) is 5.90. The fourth-order valence-corrected chi connectivity index (χ4v) is 1.95. The van der Waals surface area contributed by atoms with Crippen LogP contribution in [0.2, 0.25) is 0 Å². The highest BCUT2D eigenvalue weighted by molar-refractivity contribution is 4.90. The van der Waals surface area contributed by atoms with Crippen LogP contribution in [0.4, 0.5) is 13.2 Å². The molecule has 0 aromatic carbocycles. The molecule has 1 aliphatic rings. The van der Waals surface area contributed by atoms with Gasteiger partial charge in [-0.3, -0.25) is 4.90 Å². The SMILES string of the molecule is CN1CCN(C)C(CNCC(C#N)C(F)(F)F)C1. The van der Waals surface area contributed by atoms with Crippen molar-refractivity contribution >= 4 is 0 Å². The van der Waals surface area contributed by atoms with Crippen molar-refractivity contribution < 1.29 is 13.2 Å². The molecular weight excluding hydrogens is 245 g/mol. The van der Waals surface area contributed by atoms with Crippen LogP contribution < -0.4 is 5.32 Å². The van der Waals surface area contributed by atoms with Crippen molar-refractivity contribution in [3.05, 3.63) is 0 Å². The van der Waals surface area contributed by atoms with Gasteiger partial charge in [-0.05, 0) is 14.1 Å². The zero-order valence-corrected chi connectivity index (χ0v) is 10.7. The summed E-state index contributed by atoms with van der Waals surface area (Å²) in [6.45, 7) is 2.83. The molecule has 2 unspecified atom stereocenters. The van der Waals surface area contributed by atoms with Crippen molar-refractivity contribution in [2.45, 2.75) is 12.2 Å². The molecule has 0 aromatic rings. The van der Waals surface area contributed by atoms with Gasteiger partial charge >= 0.3 is 6.18 Å². The standard InChI is InChI=1S/C11H19F3N4/c1-17-3-4-18(2)10(8-17)7-16-6-9(5-15)11(12,13)14/h9-10,16H,3-4,6-8H2,1-2H3. The number of nitrogens with one attached hydrogen (secondary N) is 1. The van der Waals surface area contributed by atoms with E-state index >= 15 is 0 Å². The maximum absolute atomic E-state index is 12.3. The molecule has 18 heavy (non-hydrogen) atoms. The first-order chi connectivity index (χ1) is 8.34. The quantitative estimate of drug-likeness (QED) is 0.804. The van der Waals surface area contributed by atoms with E-state index in [0.717, 1.165) is 19.6 Å². The van der Waals surface area contributed by atoms with Gasteiger partial charge < -0.3 is 10.2 Å².